The van der Waals surface area contributed by atoms with Gasteiger partial charge in [-0.3, -0.25) is 5.32 Å². The van der Waals surface area contributed by atoms with Crippen LogP contribution in [0.3, 0.4) is 0 Å². The number of hydrogen-bond donors (Lipinski definition) is 0. The topological polar surface area (TPSA) is 17.3 Å². The SMILES string of the molecule is C1=C(N2CCC2)[N]CC1. The summed E-state index contributed by atoms with van der Waals surface area (Å²) in [5, 5.41) is 4.34. The van der Waals surface area contributed by atoms with Crippen molar-refractivity contribution < 1.29 is 0 Å². The molecule has 2 heterocycles. The molecule has 2 nitrogen and oxygen atoms in total. The third-order valence-electron chi connectivity index (χ3n) is 1.91. The summed E-state index contributed by atoms with van der Waals surface area (Å²) in [4.78, 5) is 2.34. The van der Waals surface area contributed by atoms with E-state index < -0.39 is 0 Å². The van der Waals surface area contributed by atoms with E-state index in [0.29, 0.717) is 0 Å². The zero-order chi connectivity index (χ0) is 6.10. The van der Waals surface area contributed by atoms with Gasteiger partial charge in [0.1, 0.15) is 5.82 Å². The van der Waals surface area contributed by atoms with Crippen LogP contribution in [0, 0.1) is 0 Å². The van der Waals surface area contributed by atoms with Crippen LogP contribution in [0.4, 0.5) is 0 Å². The summed E-state index contributed by atoms with van der Waals surface area (Å²) in [5.74, 6) is 1.25. The van der Waals surface area contributed by atoms with Crippen molar-refractivity contribution in [1.82, 2.24) is 10.2 Å². The Balaban J connectivity index is 1.95. The Kier molecular flexibility index (Phi) is 1.11. The molecule has 1 saturated heterocycles. The molecule has 0 unspecified atom stereocenters. The fraction of sp³-hybridized carbons (Fsp3) is 0.714. The standard InChI is InChI=1S/C7H11N2/c1-3-7(8-4-1)9-5-2-6-9/h3H,1-2,4-6H2. The summed E-state index contributed by atoms with van der Waals surface area (Å²) in [6.07, 6.45) is 4.75. The lowest BCUT2D eigenvalue weighted by atomic mass is 10.2. The molecule has 0 atom stereocenters. The Bertz CT molecular complexity index is 136. The first-order valence-corrected chi connectivity index (χ1v) is 3.59. The molecule has 1 fully saturated rings. The molecule has 49 valence electrons. The minimum absolute atomic E-state index is 1.02. The molecule has 0 aromatic carbocycles. The van der Waals surface area contributed by atoms with Crippen LogP contribution in [0.5, 0.6) is 0 Å². The minimum atomic E-state index is 1.02. The summed E-state index contributed by atoms with van der Waals surface area (Å²) in [5.41, 5.74) is 0. The van der Waals surface area contributed by atoms with Gasteiger partial charge in [-0.05, 0) is 18.9 Å². The molecule has 2 aliphatic heterocycles. The summed E-state index contributed by atoms with van der Waals surface area (Å²) in [7, 11) is 0. The third kappa shape index (κ3) is 0.784. The third-order valence-corrected chi connectivity index (χ3v) is 1.91. The lowest BCUT2D eigenvalue weighted by molar-refractivity contribution is 0.225. The predicted molar refractivity (Wildman–Crippen MR) is 35.9 cm³/mol. The average molecular weight is 123 g/mol. The minimum Gasteiger partial charge on any atom is -0.357 e. The van der Waals surface area contributed by atoms with Gasteiger partial charge in [-0.25, -0.2) is 0 Å². The van der Waals surface area contributed by atoms with Crippen molar-refractivity contribution in [3.05, 3.63) is 11.9 Å². The Morgan fingerprint density at radius 1 is 1.44 bits per heavy atom. The van der Waals surface area contributed by atoms with Crippen LogP contribution in [-0.4, -0.2) is 24.5 Å². The van der Waals surface area contributed by atoms with Gasteiger partial charge in [0.25, 0.3) is 0 Å². The molecule has 0 N–H and O–H groups in total. The summed E-state index contributed by atoms with van der Waals surface area (Å²) < 4.78 is 0. The monoisotopic (exact) mass is 123 g/mol. The molecule has 0 aromatic rings. The van der Waals surface area contributed by atoms with Crippen molar-refractivity contribution in [2.45, 2.75) is 12.8 Å². The van der Waals surface area contributed by atoms with Crippen LogP contribution in [-0.2, 0) is 0 Å². The smallest absolute Gasteiger partial charge is 0.119 e. The van der Waals surface area contributed by atoms with Gasteiger partial charge >= 0.3 is 0 Å². The van der Waals surface area contributed by atoms with Crippen molar-refractivity contribution in [1.29, 1.82) is 0 Å². The summed E-state index contributed by atoms with van der Waals surface area (Å²) in [6.45, 7) is 3.48. The second-order valence-electron chi connectivity index (χ2n) is 2.57. The van der Waals surface area contributed by atoms with Crippen molar-refractivity contribution >= 4 is 0 Å². The maximum atomic E-state index is 4.34. The molecule has 1 radical (unpaired) electrons. The van der Waals surface area contributed by atoms with Gasteiger partial charge in [0.2, 0.25) is 0 Å². The Hall–Kier alpha value is -0.660. The van der Waals surface area contributed by atoms with Gasteiger partial charge in [-0.1, -0.05) is 0 Å². The Morgan fingerprint density at radius 2 is 2.33 bits per heavy atom. The fourth-order valence-corrected chi connectivity index (χ4v) is 1.21. The molecule has 0 aliphatic carbocycles. The van der Waals surface area contributed by atoms with E-state index in [4.69, 9.17) is 0 Å². The van der Waals surface area contributed by atoms with Crippen molar-refractivity contribution in [2.75, 3.05) is 19.6 Å². The highest BCUT2D eigenvalue weighted by Crippen LogP contribution is 2.16. The van der Waals surface area contributed by atoms with E-state index in [1.807, 2.05) is 0 Å². The average Bonchev–Trinajstić information content (AvgIpc) is 2.11. The first-order chi connectivity index (χ1) is 4.47. The van der Waals surface area contributed by atoms with Gasteiger partial charge in [-0.2, -0.15) is 0 Å². The second-order valence-corrected chi connectivity index (χ2v) is 2.57. The van der Waals surface area contributed by atoms with Gasteiger partial charge in [0.05, 0.1) is 0 Å². The normalized spacial score (nSPS) is 24.9. The lowest BCUT2D eigenvalue weighted by Gasteiger charge is -2.33. The first kappa shape index (κ1) is 5.15. The van der Waals surface area contributed by atoms with Crippen LogP contribution < -0.4 is 5.32 Å². The second kappa shape index (κ2) is 1.94. The highest BCUT2D eigenvalue weighted by atomic mass is 15.3. The molecular weight excluding hydrogens is 112 g/mol. The number of rotatable bonds is 1. The molecule has 0 spiro atoms. The van der Waals surface area contributed by atoms with E-state index in [2.05, 4.69) is 16.3 Å². The molecule has 0 aromatic heterocycles. The van der Waals surface area contributed by atoms with Crippen molar-refractivity contribution in [2.24, 2.45) is 0 Å². The summed E-state index contributed by atoms with van der Waals surface area (Å²) >= 11 is 0. The first-order valence-electron chi connectivity index (χ1n) is 3.59. The maximum Gasteiger partial charge on any atom is 0.119 e. The van der Waals surface area contributed by atoms with E-state index in [9.17, 15) is 0 Å². The van der Waals surface area contributed by atoms with Gasteiger partial charge in [0, 0.05) is 19.6 Å². The van der Waals surface area contributed by atoms with E-state index in [1.54, 1.807) is 0 Å². The van der Waals surface area contributed by atoms with E-state index in [1.165, 1.54) is 25.3 Å². The van der Waals surface area contributed by atoms with Gasteiger partial charge in [0.15, 0.2) is 0 Å². The lowest BCUT2D eigenvalue weighted by Crippen LogP contribution is -2.38. The summed E-state index contributed by atoms with van der Waals surface area (Å²) in [6, 6.07) is 0. The zero-order valence-corrected chi connectivity index (χ0v) is 5.51. The van der Waals surface area contributed by atoms with E-state index in [0.717, 1.165) is 13.0 Å². The van der Waals surface area contributed by atoms with Gasteiger partial charge < -0.3 is 4.90 Å². The molecular formula is C7H11N2. The molecule has 2 heteroatoms. The van der Waals surface area contributed by atoms with Crippen molar-refractivity contribution in [3.8, 4) is 0 Å². The maximum absolute atomic E-state index is 4.34. The zero-order valence-electron chi connectivity index (χ0n) is 5.51. The van der Waals surface area contributed by atoms with Crippen molar-refractivity contribution in [3.63, 3.8) is 0 Å². The molecule has 0 amide bonds. The molecule has 2 rings (SSSR count). The van der Waals surface area contributed by atoms with Crippen LogP contribution in [0.15, 0.2) is 11.9 Å². The molecule has 0 bridgehead atoms. The highest BCUT2D eigenvalue weighted by Gasteiger charge is 2.19. The van der Waals surface area contributed by atoms with Crippen LogP contribution in [0.2, 0.25) is 0 Å². The fourth-order valence-electron chi connectivity index (χ4n) is 1.21. The Labute approximate surface area is 55.5 Å². The predicted octanol–water partition coefficient (Wildman–Crippen LogP) is 0.542. The van der Waals surface area contributed by atoms with Crippen LogP contribution in [0.1, 0.15) is 12.8 Å². The highest BCUT2D eigenvalue weighted by molar-refractivity contribution is 5.06. The Morgan fingerprint density at radius 3 is 2.78 bits per heavy atom. The quantitative estimate of drug-likeness (QED) is 0.497. The molecule has 9 heavy (non-hydrogen) atoms. The molecule has 0 saturated carbocycles. The number of nitrogens with zero attached hydrogens (tertiary/aromatic N) is 2. The van der Waals surface area contributed by atoms with Crippen LogP contribution in [0.25, 0.3) is 0 Å². The number of likely N-dealkylation sites (tertiary alicyclic amines) is 1. The molecule has 2 aliphatic rings. The van der Waals surface area contributed by atoms with E-state index >= 15 is 0 Å². The largest absolute Gasteiger partial charge is 0.357 e. The van der Waals surface area contributed by atoms with Crippen LogP contribution >= 0.6 is 0 Å². The number of hydrogen-bond acceptors (Lipinski definition) is 1. The van der Waals surface area contributed by atoms with Gasteiger partial charge in [-0.15, -0.1) is 0 Å². The van der Waals surface area contributed by atoms with E-state index in [-0.39, 0.29) is 0 Å².